The highest BCUT2D eigenvalue weighted by Crippen LogP contribution is 2.10. The molecule has 0 saturated carbocycles. The van der Waals surface area contributed by atoms with E-state index in [1.165, 1.54) is 6.07 Å². The summed E-state index contributed by atoms with van der Waals surface area (Å²) in [5.41, 5.74) is 1.25. The quantitative estimate of drug-likeness (QED) is 0.819. The molecule has 0 aromatic heterocycles. The third-order valence-corrected chi connectivity index (χ3v) is 3.55. The molecule has 6 heteroatoms. The van der Waals surface area contributed by atoms with Crippen molar-refractivity contribution in [1.29, 1.82) is 0 Å². The predicted octanol–water partition coefficient (Wildman–Crippen LogP) is 2.71. The fourth-order valence-corrected chi connectivity index (χ4v) is 2.29. The van der Waals surface area contributed by atoms with E-state index >= 15 is 0 Å². The van der Waals surface area contributed by atoms with Gasteiger partial charge < -0.3 is 10.4 Å². The molecule has 0 unspecified atom stereocenters. The van der Waals surface area contributed by atoms with Gasteiger partial charge in [0.25, 0.3) is 0 Å². The SMILES string of the molecule is O=C(Cc1ccc(F)c(F)c1)N[C@H](CCc1ccccc1)C(=O)O. The molecule has 2 aromatic carbocycles. The summed E-state index contributed by atoms with van der Waals surface area (Å²) in [6.45, 7) is 0. The normalized spacial score (nSPS) is 11.8. The van der Waals surface area contributed by atoms with Gasteiger partial charge in [-0.3, -0.25) is 4.79 Å². The molecule has 0 heterocycles. The van der Waals surface area contributed by atoms with Crippen molar-refractivity contribution in [3.63, 3.8) is 0 Å². The second kappa shape index (κ2) is 8.19. The minimum Gasteiger partial charge on any atom is -0.480 e. The van der Waals surface area contributed by atoms with Crippen LogP contribution < -0.4 is 5.32 Å². The average Bonchev–Trinajstić information content (AvgIpc) is 2.55. The van der Waals surface area contributed by atoms with E-state index in [0.29, 0.717) is 6.42 Å². The molecule has 2 N–H and O–H groups in total. The number of carboxylic acids is 1. The number of aryl methyl sites for hydroxylation is 1. The number of aliphatic carboxylic acids is 1. The summed E-state index contributed by atoms with van der Waals surface area (Å²) < 4.78 is 26.0. The highest BCUT2D eigenvalue weighted by molar-refractivity contribution is 5.84. The molecule has 126 valence electrons. The van der Waals surface area contributed by atoms with E-state index in [1.54, 1.807) is 0 Å². The largest absolute Gasteiger partial charge is 0.480 e. The number of nitrogens with one attached hydrogen (secondary N) is 1. The summed E-state index contributed by atoms with van der Waals surface area (Å²) in [6, 6.07) is 11.4. The maximum atomic E-state index is 13.1. The number of rotatable bonds is 7. The van der Waals surface area contributed by atoms with E-state index in [-0.39, 0.29) is 18.4 Å². The lowest BCUT2D eigenvalue weighted by molar-refractivity contribution is -0.141. The molecule has 0 saturated heterocycles. The van der Waals surface area contributed by atoms with Gasteiger partial charge in [0.15, 0.2) is 11.6 Å². The number of carbonyl (C=O) groups is 2. The first-order valence-corrected chi connectivity index (χ1v) is 7.45. The first kappa shape index (κ1) is 17.6. The molecule has 24 heavy (non-hydrogen) atoms. The van der Waals surface area contributed by atoms with Gasteiger partial charge in [-0.05, 0) is 36.1 Å². The number of hydrogen-bond acceptors (Lipinski definition) is 2. The van der Waals surface area contributed by atoms with Crippen molar-refractivity contribution >= 4 is 11.9 Å². The van der Waals surface area contributed by atoms with Gasteiger partial charge in [0, 0.05) is 0 Å². The summed E-state index contributed by atoms with van der Waals surface area (Å²) >= 11 is 0. The minimum atomic E-state index is -1.13. The van der Waals surface area contributed by atoms with Crippen molar-refractivity contribution in [3.05, 3.63) is 71.3 Å². The molecule has 0 radical (unpaired) electrons. The second-order valence-corrected chi connectivity index (χ2v) is 5.41. The van der Waals surface area contributed by atoms with Crippen LogP contribution >= 0.6 is 0 Å². The Morgan fingerprint density at radius 3 is 2.33 bits per heavy atom. The standard InChI is InChI=1S/C18H17F2NO3/c19-14-8-6-13(10-15(14)20)11-17(22)21-16(18(23)24)9-7-12-4-2-1-3-5-12/h1-6,8,10,16H,7,9,11H2,(H,21,22)(H,23,24)/t16-/m1/s1. The molecule has 0 aliphatic heterocycles. The maximum absolute atomic E-state index is 13.1. The lowest BCUT2D eigenvalue weighted by Gasteiger charge is -2.14. The van der Waals surface area contributed by atoms with Crippen molar-refractivity contribution < 1.29 is 23.5 Å². The zero-order valence-corrected chi connectivity index (χ0v) is 12.8. The fraction of sp³-hybridized carbons (Fsp3) is 0.222. The van der Waals surface area contributed by atoms with E-state index < -0.39 is 29.6 Å². The Labute approximate surface area is 138 Å². The summed E-state index contributed by atoms with van der Waals surface area (Å²) in [7, 11) is 0. The smallest absolute Gasteiger partial charge is 0.326 e. The van der Waals surface area contributed by atoms with Crippen LogP contribution in [0.5, 0.6) is 0 Å². The van der Waals surface area contributed by atoms with Gasteiger partial charge in [0.05, 0.1) is 6.42 Å². The monoisotopic (exact) mass is 333 g/mol. The van der Waals surface area contributed by atoms with Gasteiger partial charge in [-0.1, -0.05) is 36.4 Å². The summed E-state index contributed by atoms with van der Waals surface area (Å²) in [4.78, 5) is 23.2. The summed E-state index contributed by atoms with van der Waals surface area (Å²) in [6.07, 6.45) is 0.526. The zero-order valence-electron chi connectivity index (χ0n) is 12.8. The number of amides is 1. The third kappa shape index (κ3) is 5.15. The Kier molecular flexibility index (Phi) is 6.01. The Morgan fingerprint density at radius 1 is 1.00 bits per heavy atom. The maximum Gasteiger partial charge on any atom is 0.326 e. The van der Waals surface area contributed by atoms with Crippen LogP contribution in [0.15, 0.2) is 48.5 Å². The first-order valence-electron chi connectivity index (χ1n) is 7.45. The van der Waals surface area contributed by atoms with Crippen LogP contribution in [0.2, 0.25) is 0 Å². The molecule has 2 rings (SSSR count). The molecular formula is C18H17F2NO3. The molecule has 0 aliphatic rings. The van der Waals surface area contributed by atoms with E-state index in [4.69, 9.17) is 0 Å². The van der Waals surface area contributed by atoms with Gasteiger partial charge in [-0.2, -0.15) is 0 Å². The number of benzene rings is 2. The molecule has 2 aromatic rings. The van der Waals surface area contributed by atoms with Gasteiger partial charge in [0.1, 0.15) is 6.04 Å². The highest BCUT2D eigenvalue weighted by atomic mass is 19.2. The molecule has 1 amide bonds. The Morgan fingerprint density at radius 2 is 1.71 bits per heavy atom. The molecular weight excluding hydrogens is 316 g/mol. The Balaban J connectivity index is 1.92. The number of carboxylic acid groups (broad SMARTS) is 1. The van der Waals surface area contributed by atoms with Crippen LogP contribution in [-0.4, -0.2) is 23.0 Å². The van der Waals surface area contributed by atoms with Gasteiger partial charge in [0.2, 0.25) is 5.91 Å². The van der Waals surface area contributed by atoms with Gasteiger partial charge in [-0.25, -0.2) is 13.6 Å². The summed E-state index contributed by atoms with van der Waals surface area (Å²) in [5.74, 6) is -3.73. The van der Waals surface area contributed by atoms with Crippen LogP contribution in [0, 0.1) is 11.6 Å². The van der Waals surface area contributed by atoms with Crippen molar-refractivity contribution in [1.82, 2.24) is 5.32 Å². The van der Waals surface area contributed by atoms with Gasteiger partial charge >= 0.3 is 5.97 Å². The lowest BCUT2D eigenvalue weighted by Crippen LogP contribution is -2.41. The van der Waals surface area contributed by atoms with Gasteiger partial charge in [-0.15, -0.1) is 0 Å². The van der Waals surface area contributed by atoms with E-state index in [1.807, 2.05) is 30.3 Å². The van der Waals surface area contributed by atoms with Crippen molar-refractivity contribution in [2.45, 2.75) is 25.3 Å². The van der Waals surface area contributed by atoms with Crippen molar-refractivity contribution in [2.75, 3.05) is 0 Å². The lowest BCUT2D eigenvalue weighted by atomic mass is 10.0. The van der Waals surface area contributed by atoms with Crippen molar-refractivity contribution in [3.8, 4) is 0 Å². The molecule has 0 bridgehead atoms. The Bertz CT molecular complexity index is 719. The van der Waals surface area contributed by atoms with E-state index in [0.717, 1.165) is 17.7 Å². The predicted molar refractivity (Wildman–Crippen MR) is 84.4 cm³/mol. The molecule has 1 atom stereocenters. The van der Waals surface area contributed by atoms with Crippen molar-refractivity contribution in [2.24, 2.45) is 0 Å². The number of halogens is 2. The van der Waals surface area contributed by atoms with Crippen LogP contribution in [0.3, 0.4) is 0 Å². The molecule has 0 aliphatic carbocycles. The van der Waals surface area contributed by atoms with E-state index in [9.17, 15) is 23.5 Å². The third-order valence-electron chi connectivity index (χ3n) is 3.55. The van der Waals surface area contributed by atoms with Crippen LogP contribution in [0.4, 0.5) is 8.78 Å². The molecule has 4 nitrogen and oxygen atoms in total. The molecule has 0 fully saturated rings. The Hall–Kier alpha value is -2.76. The topological polar surface area (TPSA) is 66.4 Å². The van der Waals surface area contributed by atoms with Crippen LogP contribution in [0.1, 0.15) is 17.5 Å². The summed E-state index contributed by atoms with van der Waals surface area (Å²) in [5, 5.41) is 11.6. The number of hydrogen-bond donors (Lipinski definition) is 2. The fourth-order valence-electron chi connectivity index (χ4n) is 2.29. The minimum absolute atomic E-state index is 0.216. The number of carbonyl (C=O) groups excluding carboxylic acids is 1. The highest BCUT2D eigenvalue weighted by Gasteiger charge is 2.20. The van der Waals surface area contributed by atoms with Crippen LogP contribution in [0.25, 0.3) is 0 Å². The van der Waals surface area contributed by atoms with Crippen LogP contribution in [-0.2, 0) is 22.4 Å². The second-order valence-electron chi connectivity index (χ2n) is 5.41. The van der Waals surface area contributed by atoms with E-state index in [2.05, 4.69) is 5.32 Å². The molecule has 0 spiro atoms. The zero-order chi connectivity index (χ0) is 17.5. The first-order chi connectivity index (χ1) is 11.5. The average molecular weight is 333 g/mol.